The van der Waals surface area contributed by atoms with E-state index in [9.17, 15) is 8.78 Å². The molecule has 0 saturated heterocycles. The molecule has 102 valence electrons. The van der Waals surface area contributed by atoms with Crippen molar-refractivity contribution in [3.63, 3.8) is 0 Å². The molecule has 0 saturated carbocycles. The average molecular weight is 337 g/mol. The molecule has 0 bridgehead atoms. The number of nitriles is 1. The van der Waals surface area contributed by atoms with Crippen LogP contribution in [-0.4, -0.2) is 0 Å². The van der Waals surface area contributed by atoms with Gasteiger partial charge in [0.1, 0.15) is 11.6 Å². The molecule has 0 heterocycles. The highest BCUT2D eigenvalue weighted by atomic mass is 79.9. The Morgan fingerprint density at radius 3 is 2.70 bits per heavy atom. The summed E-state index contributed by atoms with van der Waals surface area (Å²) in [5, 5.41) is 11.8. The molecule has 2 rings (SSSR count). The van der Waals surface area contributed by atoms with Crippen molar-refractivity contribution in [3.05, 3.63) is 63.1 Å². The quantitative estimate of drug-likeness (QED) is 0.836. The Labute approximate surface area is 124 Å². The van der Waals surface area contributed by atoms with Gasteiger partial charge in [0, 0.05) is 17.8 Å². The molecule has 0 amide bonds. The molecule has 2 aromatic rings. The van der Waals surface area contributed by atoms with Crippen molar-refractivity contribution < 1.29 is 8.78 Å². The van der Waals surface area contributed by atoms with E-state index in [2.05, 4.69) is 21.2 Å². The standard InChI is InChI=1S/C15H11BrF2N2/c1-9-2-3-10(7-19)6-14(9)20-8-11-13(17)5-4-12(16)15(11)18/h2-6,20H,8H2,1H3. The predicted molar refractivity (Wildman–Crippen MR) is 77.3 cm³/mol. The van der Waals surface area contributed by atoms with E-state index in [-0.39, 0.29) is 16.6 Å². The molecular weight excluding hydrogens is 326 g/mol. The monoisotopic (exact) mass is 336 g/mol. The normalized spacial score (nSPS) is 10.2. The van der Waals surface area contributed by atoms with Crippen molar-refractivity contribution in [1.82, 2.24) is 0 Å². The first-order chi connectivity index (χ1) is 9.52. The lowest BCUT2D eigenvalue weighted by molar-refractivity contribution is 0.555. The lowest BCUT2D eigenvalue weighted by Crippen LogP contribution is -2.06. The fourth-order valence-electron chi connectivity index (χ4n) is 1.80. The van der Waals surface area contributed by atoms with Gasteiger partial charge in [0.15, 0.2) is 0 Å². The van der Waals surface area contributed by atoms with Gasteiger partial charge >= 0.3 is 0 Å². The molecular formula is C15H11BrF2N2. The van der Waals surface area contributed by atoms with Gasteiger partial charge in [-0.05, 0) is 52.7 Å². The van der Waals surface area contributed by atoms with Gasteiger partial charge in [-0.3, -0.25) is 0 Å². The fraction of sp³-hybridized carbons (Fsp3) is 0.133. The predicted octanol–water partition coefficient (Wildman–Crippen LogP) is 4.52. The molecule has 1 N–H and O–H groups in total. The van der Waals surface area contributed by atoms with Crippen LogP contribution in [0.3, 0.4) is 0 Å². The lowest BCUT2D eigenvalue weighted by Gasteiger charge is -2.12. The summed E-state index contributed by atoms with van der Waals surface area (Å²) < 4.78 is 27.7. The molecule has 0 aliphatic rings. The van der Waals surface area contributed by atoms with Crippen LogP contribution >= 0.6 is 15.9 Å². The van der Waals surface area contributed by atoms with Crippen LogP contribution in [0.2, 0.25) is 0 Å². The van der Waals surface area contributed by atoms with Gasteiger partial charge in [-0.15, -0.1) is 0 Å². The van der Waals surface area contributed by atoms with Crippen LogP contribution in [0.1, 0.15) is 16.7 Å². The third-order valence-corrected chi connectivity index (χ3v) is 3.57. The van der Waals surface area contributed by atoms with Crippen molar-refractivity contribution in [3.8, 4) is 6.07 Å². The highest BCUT2D eigenvalue weighted by Gasteiger charge is 2.12. The maximum Gasteiger partial charge on any atom is 0.145 e. The molecule has 0 aliphatic heterocycles. The highest BCUT2D eigenvalue weighted by Crippen LogP contribution is 2.23. The first kappa shape index (κ1) is 14.5. The fourth-order valence-corrected chi connectivity index (χ4v) is 2.17. The van der Waals surface area contributed by atoms with Crippen molar-refractivity contribution in [1.29, 1.82) is 5.26 Å². The molecule has 2 aromatic carbocycles. The van der Waals surface area contributed by atoms with Crippen LogP contribution in [0, 0.1) is 29.9 Å². The third-order valence-electron chi connectivity index (χ3n) is 2.96. The zero-order valence-corrected chi connectivity index (χ0v) is 12.3. The number of hydrogen-bond donors (Lipinski definition) is 1. The molecule has 0 unspecified atom stereocenters. The van der Waals surface area contributed by atoms with E-state index in [1.165, 1.54) is 12.1 Å². The van der Waals surface area contributed by atoms with Gasteiger partial charge < -0.3 is 5.32 Å². The molecule has 0 aromatic heterocycles. The summed E-state index contributed by atoms with van der Waals surface area (Å²) in [6.45, 7) is 1.87. The molecule has 20 heavy (non-hydrogen) atoms. The molecule has 0 atom stereocenters. The largest absolute Gasteiger partial charge is 0.380 e. The van der Waals surface area contributed by atoms with E-state index in [0.717, 1.165) is 5.56 Å². The van der Waals surface area contributed by atoms with E-state index in [1.54, 1.807) is 18.2 Å². The van der Waals surface area contributed by atoms with Crippen LogP contribution in [0.4, 0.5) is 14.5 Å². The highest BCUT2D eigenvalue weighted by molar-refractivity contribution is 9.10. The van der Waals surface area contributed by atoms with Crippen molar-refractivity contribution in [2.24, 2.45) is 0 Å². The van der Waals surface area contributed by atoms with E-state index < -0.39 is 11.6 Å². The van der Waals surface area contributed by atoms with Gasteiger partial charge in [-0.1, -0.05) is 6.07 Å². The smallest absolute Gasteiger partial charge is 0.145 e. The van der Waals surface area contributed by atoms with Crippen LogP contribution in [0.15, 0.2) is 34.8 Å². The Balaban J connectivity index is 2.26. The Kier molecular flexibility index (Phi) is 4.35. The summed E-state index contributed by atoms with van der Waals surface area (Å²) >= 11 is 3.03. The lowest BCUT2D eigenvalue weighted by atomic mass is 10.1. The number of rotatable bonds is 3. The first-order valence-electron chi connectivity index (χ1n) is 5.90. The van der Waals surface area contributed by atoms with E-state index in [1.807, 2.05) is 13.0 Å². The Hall–Kier alpha value is -1.93. The molecule has 0 aliphatic carbocycles. The zero-order valence-electron chi connectivity index (χ0n) is 10.7. The minimum absolute atomic E-state index is 0.00677. The molecule has 0 spiro atoms. The summed E-state index contributed by atoms with van der Waals surface area (Å²) in [7, 11) is 0. The summed E-state index contributed by atoms with van der Waals surface area (Å²) in [5.41, 5.74) is 2.04. The van der Waals surface area contributed by atoms with Gasteiger partial charge in [0.05, 0.1) is 16.1 Å². The number of nitrogens with zero attached hydrogens (tertiary/aromatic N) is 1. The van der Waals surface area contributed by atoms with Crippen molar-refractivity contribution in [2.75, 3.05) is 5.32 Å². The van der Waals surface area contributed by atoms with E-state index >= 15 is 0 Å². The van der Waals surface area contributed by atoms with Crippen LogP contribution < -0.4 is 5.32 Å². The Bertz CT molecular complexity index is 693. The minimum Gasteiger partial charge on any atom is -0.380 e. The number of anilines is 1. The SMILES string of the molecule is Cc1ccc(C#N)cc1NCc1c(F)ccc(Br)c1F. The van der Waals surface area contributed by atoms with E-state index in [0.29, 0.717) is 11.3 Å². The third kappa shape index (κ3) is 2.97. The van der Waals surface area contributed by atoms with Crippen molar-refractivity contribution in [2.45, 2.75) is 13.5 Å². The molecule has 2 nitrogen and oxygen atoms in total. The van der Waals surface area contributed by atoms with Crippen LogP contribution in [-0.2, 0) is 6.54 Å². The summed E-state index contributed by atoms with van der Waals surface area (Å²) in [5.74, 6) is -1.22. The second-order valence-electron chi connectivity index (χ2n) is 4.32. The summed E-state index contributed by atoms with van der Waals surface area (Å²) in [6.07, 6.45) is 0. The number of benzene rings is 2. The average Bonchev–Trinajstić information content (AvgIpc) is 2.45. The van der Waals surface area contributed by atoms with Crippen LogP contribution in [0.25, 0.3) is 0 Å². The second-order valence-corrected chi connectivity index (χ2v) is 5.17. The Morgan fingerprint density at radius 1 is 1.25 bits per heavy atom. The number of aryl methyl sites for hydroxylation is 1. The minimum atomic E-state index is -0.619. The van der Waals surface area contributed by atoms with Gasteiger partial charge in [-0.2, -0.15) is 5.26 Å². The number of halogens is 3. The topological polar surface area (TPSA) is 35.8 Å². The van der Waals surface area contributed by atoms with Crippen molar-refractivity contribution >= 4 is 21.6 Å². The molecule has 5 heteroatoms. The zero-order chi connectivity index (χ0) is 14.7. The van der Waals surface area contributed by atoms with Gasteiger partial charge in [-0.25, -0.2) is 8.78 Å². The second kappa shape index (κ2) is 6.02. The Morgan fingerprint density at radius 2 is 2.00 bits per heavy atom. The van der Waals surface area contributed by atoms with Gasteiger partial charge in [0.25, 0.3) is 0 Å². The van der Waals surface area contributed by atoms with Crippen LogP contribution in [0.5, 0.6) is 0 Å². The number of hydrogen-bond acceptors (Lipinski definition) is 2. The maximum atomic E-state index is 13.8. The molecule has 0 fully saturated rings. The van der Waals surface area contributed by atoms with E-state index in [4.69, 9.17) is 5.26 Å². The number of nitrogens with one attached hydrogen (secondary N) is 1. The maximum absolute atomic E-state index is 13.8. The summed E-state index contributed by atoms with van der Waals surface area (Å²) in [6, 6.07) is 9.71. The first-order valence-corrected chi connectivity index (χ1v) is 6.69. The summed E-state index contributed by atoms with van der Waals surface area (Å²) in [4.78, 5) is 0. The van der Waals surface area contributed by atoms with Gasteiger partial charge in [0.2, 0.25) is 0 Å². The molecule has 0 radical (unpaired) electrons.